The van der Waals surface area contributed by atoms with Crippen LogP contribution in [0.4, 0.5) is 0 Å². The molecule has 4 nitrogen and oxygen atoms in total. The van der Waals surface area contributed by atoms with Crippen LogP contribution in [-0.4, -0.2) is 10.5 Å². The van der Waals surface area contributed by atoms with E-state index in [9.17, 15) is 4.79 Å². The summed E-state index contributed by atoms with van der Waals surface area (Å²) in [7, 11) is 0. The second-order valence-electron chi connectivity index (χ2n) is 6.18. The maximum Gasteiger partial charge on any atom is 0.244 e. The molecule has 26 heavy (non-hydrogen) atoms. The zero-order valence-corrected chi connectivity index (χ0v) is 14.7. The van der Waals surface area contributed by atoms with Crippen LogP contribution in [0.2, 0.25) is 0 Å². The van der Waals surface area contributed by atoms with Gasteiger partial charge in [-0.05, 0) is 24.6 Å². The van der Waals surface area contributed by atoms with Crippen molar-refractivity contribution < 1.29 is 4.79 Å². The summed E-state index contributed by atoms with van der Waals surface area (Å²) < 4.78 is 2.06. The molecule has 3 aromatic rings. The first-order valence-electron chi connectivity index (χ1n) is 8.67. The van der Waals surface area contributed by atoms with E-state index in [1.165, 1.54) is 0 Å². The average molecular weight is 343 g/mol. The van der Waals surface area contributed by atoms with Gasteiger partial charge in [0.1, 0.15) is 0 Å². The van der Waals surface area contributed by atoms with Crippen LogP contribution >= 0.6 is 0 Å². The smallest absolute Gasteiger partial charge is 0.244 e. The van der Waals surface area contributed by atoms with Crippen LogP contribution in [0.1, 0.15) is 30.5 Å². The summed E-state index contributed by atoms with van der Waals surface area (Å²) in [4.78, 5) is 12.3. The minimum absolute atomic E-state index is 0.0506. The molecule has 1 heterocycles. The van der Waals surface area contributed by atoms with Gasteiger partial charge in [-0.1, -0.05) is 48.5 Å². The lowest BCUT2D eigenvalue weighted by atomic mass is 10.1. The molecule has 2 aromatic carbocycles. The van der Waals surface area contributed by atoms with E-state index < -0.39 is 0 Å². The second kappa shape index (κ2) is 8.17. The van der Waals surface area contributed by atoms with Crippen LogP contribution in [0, 0.1) is 11.3 Å². The highest BCUT2D eigenvalue weighted by atomic mass is 16.1. The first kappa shape index (κ1) is 17.5. The third-order valence-electron chi connectivity index (χ3n) is 4.36. The Kier molecular flexibility index (Phi) is 5.50. The molecule has 0 radical (unpaired) electrons. The standard InChI is InChI=1S/C22H21N3O/c1-17(18-8-3-2-4-9-18)24-22(26)13-12-19-16-25(15-7-14-23)21-11-6-5-10-20(19)21/h2-6,8-13,16-17H,7,15H2,1H3,(H,24,26)/b13-12+/t17-/m1/s1. The molecule has 0 saturated carbocycles. The van der Waals surface area contributed by atoms with Gasteiger partial charge in [-0.15, -0.1) is 0 Å². The van der Waals surface area contributed by atoms with Crippen LogP contribution in [0.25, 0.3) is 17.0 Å². The van der Waals surface area contributed by atoms with E-state index in [0.29, 0.717) is 13.0 Å². The molecule has 0 aliphatic carbocycles. The number of nitriles is 1. The number of benzene rings is 2. The van der Waals surface area contributed by atoms with E-state index in [0.717, 1.165) is 22.0 Å². The van der Waals surface area contributed by atoms with Crippen molar-refractivity contribution in [1.82, 2.24) is 9.88 Å². The molecule has 3 rings (SSSR count). The maximum absolute atomic E-state index is 12.3. The molecule has 1 amide bonds. The van der Waals surface area contributed by atoms with E-state index >= 15 is 0 Å². The number of amides is 1. The van der Waals surface area contributed by atoms with Gasteiger partial charge in [0.25, 0.3) is 0 Å². The maximum atomic E-state index is 12.3. The third kappa shape index (κ3) is 4.01. The lowest BCUT2D eigenvalue weighted by Crippen LogP contribution is -2.24. The number of aromatic nitrogens is 1. The van der Waals surface area contributed by atoms with E-state index in [4.69, 9.17) is 5.26 Å². The van der Waals surface area contributed by atoms with Gasteiger partial charge in [0, 0.05) is 35.3 Å². The Labute approximate surface area is 153 Å². The number of carbonyl (C=O) groups is 1. The van der Waals surface area contributed by atoms with Crippen molar-refractivity contribution in [3.8, 4) is 6.07 Å². The Morgan fingerprint density at radius 2 is 1.92 bits per heavy atom. The van der Waals surface area contributed by atoms with Crippen LogP contribution in [-0.2, 0) is 11.3 Å². The van der Waals surface area contributed by atoms with Crippen molar-refractivity contribution in [2.75, 3.05) is 0 Å². The van der Waals surface area contributed by atoms with E-state index in [1.807, 2.05) is 73.8 Å². The summed E-state index contributed by atoms with van der Waals surface area (Å²) >= 11 is 0. The monoisotopic (exact) mass is 343 g/mol. The first-order chi connectivity index (χ1) is 12.7. The number of carbonyl (C=O) groups excluding carboxylic acids is 1. The average Bonchev–Trinajstić information content (AvgIpc) is 3.03. The highest BCUT2D eigenvalue weighted by Crippen LogP contribution is 2.23. The molecule has 4 heteroatoms. The largest absolute Gasteiger partial charge is 0.346 e. The molecule has 0 aliphatic rings. The Morgan fingerprint density at radius 1 is 1.19 bits per heavy atom. The van der Waals surface area contributed by atoms with Crippen LogP contribution in [0.15, 0.2) is 66.9 Å². The lowest BCUT2D eigenvalue weighted by Gasteiger charge is -2.12. The molecule has 1 atom stereocenters. The van der Waals surface area contributed by atoms with Crippen molar-refractivity contribution >= 4 is 22.9 Å². The van der Waals surface area contributed by atoms with Gasteiger partial charge in [-0.2, -0.15) is 5.26 Å². The zero-order valence-electron chi connectivity index (χ0n) is 14.7. The topological polar surface area (TPSA) is 57.8 Å². The molecule has 0 fully saturated rings. The molecule has 0 bridgehead atoms. The molecular weight excluding hydrogens is 322 g/mol. The fourth-order valence-electron chi connectivity index (χ4n) is 3.02. The fraction of sp³-hybridized carbons (Fsp3) is 0.182. The third-order valence-corrected chi connectivity index (χ3v) is 4.36. The number of aryl methyl sites for hydroxylation is 1. The van der Waals surface area contributed by atoms with Crippen molar-refractivity contribution in [2.45, 2.75) is 25.9 Å². The van der Waals surface area contributed by atoms with Gasteiger partial charge in [0.05, 0.1) is 18.5 Å². The molecular formula is C22H21N3O. The number of rotatable bonds is 6. The Balaban J connectivity index is 1.75. The van der Waals surface area contributed by atoms with Crippen molar-refractivity contribution in [2.24, 2.45) is 0 Å². The van der Waals surface area contributed by atoms with Crippen LogP contribution in [0.3, 0.4) is 0 Å². The van der Waals surface area contributed by atoms with E-state index in [1.54, 1.807) is 6.08 Å². The lowest BCUT2D eigenvalue weighted by molar-refractivity contribution is -0.117. The number of fused-ring (bicyclic) bond motifs is 1. The van der Waals surface area contributed by atoms with Crippen molar-refractivity contribution in [3.63, 3.8) is 0 Å². The predicted molar refractivity (Wildman–Crippen MR) is 104 cm³/mol. The number of para-hydroxylation sites is 1. The second-order valence-corrected chi connectivity index (χ2v) is 6.18. The molecule has 0 spiro atoms. The summed E-state index contributed by atoms with van der Waals surface area (Å²) in [6.07, 6.45) is 5.84. The summed E-state index contributed by atoms with van der Waals surface area (Å²) in [5, 5.41) is 12.9. The summed E-state index contributed by atoms with van der Waals surface area (Å²) in [5.74, 6) is -0.129. The molecule has 0 saturated heterocycles. The Morgan fingerprint density at radius 3 is 2.69 bits per heavy atom. The molecule has 1 N–H and O–H groups in total. The molecule has 0 unspecified atom stereocenters. The van der Waals surface area contributed by atoms with E-state index in [2.05, 4.69) is 16.0 Å². The highest BCUT2D eigenvalue weighted by Gasteiger charge is 2.08. The molecule has 0 aliphatic heterocycles. The first-order valence-corrected chi connectivity index (χ1v) is 8.67. The molecule has 130 valence electrons. The van der Waals surface area contributed by atoms with Gasteiger partial charge in [-0.3, -0.25) is 4.79 Å². The van der Waals surface area contributed by atoms with Crippen molar-refractivity contribution in [3.05, 3.63) is 78.0 Å². The van der Waals surface area contributed by atoms with Gasteiger partial charge < -0.3 is 9.88 Å². The Hall–Kier alpha value is -3.32. The number of hydrogen-bond donors (Lipinski definition) is 1. The summed E-state index contributed by atoms with van der Waals surface area (Å²) in [6.45, 7) is 2.61. The zero-order chi connectivity index (χ0) is 18.4. The van der Waals surface area contributed by atoms with Gasteiger partial charge >= 0.3 is 0 Å². The summed E-state index contributed by atoms with van der Waals surface area (Å²) in [6, 6.07) is 20.0. The van der Waals surface area contributed by atoms with Gasteiger partial charge in [0.15, 0.2) is 0 Å². The normalized spacial score (nSPS) is 12.2. The van der Waals surface area contributed by atoms with Crippen molar-refractivity contribution in [1.29, 1.82) is 5.26 Å². The Bertz CT molecular complexity index is 964. The number of nitrogens with one attached hydrogen (secondary N) is 1. The van der Waals surface area contributed by atoms with Crippen LogP contribution < -0.4 is 5.32 Å². The number of nitrogens with zero attached hydrogens (tertiary/aromatic N) is 2. The summed E-state index contributed by atoms with van der Waals surface area (Å²) in [5.41, 5.74) is 3.11. The highest BCUT2D eigenvalue weighted by molar-refractivity contribution is 5.96. The minimum Gasteiger partial charge on any atom is -0.346 e. The van der Waals surface area contributed by atoms with Gasteiger partial charge in [0.2, 0.25) is 5.91 Å². The predicted octanol–water partition coefficient (Wildman–Crippen LogP) is 4.45. The van der Waals surface area contributed by atoms with Gasteiger partial charge in [-0.25, -0.2) is 0 Å². The SMILES string of the molecule is C[C@@H](NC(=O)/C=C/c1cn(CCC#N)c2ccccc12)c1ccccc1. The molecule has 1 aromatic heterocycles. The quantitative estimate of drug-likeness (QED) is 0.672. The fourth-order valence-corrected chi connectivity index (χ4v) is 3.02. The minimum atomic E-state index is -0.129. The van der Waals surface area contributed by atoms with E-state index in [-0.39, 0.29) is 11.9 Å². The number of hydrogen-bond acceptors (Lipinski definition) is 2. The van der Waals surface area contributed by atoms with Crippen LogP contribution in [0.5, 0.6) is 0 Å².